The summed E-state index contributed by atoms with van der Waals surface area (Å²) in [6.07, 6.45) is 9.31. The van der Waals surface area contributed by atoms with Gasteiger partial charge in [0.15, 0.2) is 0 Å². The van der Waals surface area contributed by atoms with Crippen molar-refractivity contribution in [2.75, 3.05) is 26.3 Å². The van der Waals surface area contributed by atoms with Gasteiger partial charge in [-0.1, -0.05) is 44.9 Å². The number of amides is 1. The first-order chi connectivity index (χ1) is 10.6. The number of carbonyl (C=O) groups is 1. The SMILES string of the molecule is CC1(C(=O)NCCCOCCNP)C=CC=C(N=[N+]=[N-])C=C1. The summed E-state index contributed by atoms with van der Waals surface area (Å²) in [7, 11) is 2.42. The lowest BCUT2D eigenvalue weighted by atomic mass is 9.89. The number of carbonyl (C=O) groups excluding carboxylic acids is 1. The third kappa shape index (κ3) is 6.41. The van der Waals surface area contributed by atoms with Crippen molar-refractivity contribution in [3.8, 4) is 0 Å². The van der Waals surface area contributed by atoms with Gasteiger partial charge in [-0.25, -0.2) is 0 Å². The van der Waals surface area contributed by atoms with E-state index < -0.39 is 5.41 Å². The van der Waals surface area contributed by atoms with Gasteiger partial charge >= 0.3 is 0 Å². The molecule has 0 aromatic carbocycles. The first-order valence-corrected chi connectivity index (χ1v) is 7.63. The number of hydrogen-bond donors (Lipinski definition) is 2. The second-order valence-electron chi connectivity index (χ2n) is 4.93. The van der Waals surface area contributed by atoms with Gasteiger partial charge in [0.2, 0.25) is 5.91 Å². The summed E-state index contributed by atoms with van der Waals surface area (Å²) in [6.45, 7) is 4.40. The highest BCUT2D eigenvalue weighted by Crippen LogP contribution is 2.24. The normalized spacial score (nSPS) is 20.0. The van der Waals surface area contributed by atoms with Crippen LogP contribution in [0.15, 0.2) is 41.2 Å². The molecule has 7 nitrogen and oxygen atoms in total. The van der Waals surface area contributed by atoms with Crippen LogP contribution in [0, 0.1) is 5.41 Å². The Bertz CT molecular complexity index is 511. The van der Waals surface area contributed by atoms with Crippen LogP contribution in [0.25, 0.3) is 10.4 Å². The molecule has 0 aliphatic heterocycles. The lowest BCUT2D eigenvalue weighted by molar-refractivity contribution is -0.125. The minimum Gasteiger partial charge on any atom is -0.380 e. The summed E-state index contributed by atoms with van der Waals surface area (Å²) >= 11 is 0. The van der Waals surface area contributed by atoms with Crippen molar-refractivity contribution in [1.29, 1.82) is 0 Å². The number of nitrogens with one attached hydrogen (secondary N) is 2. The second kappa shape index (κ2) is 10.1. The lowest BCUT2D eigenvalue weighted by Crippen LogP contribution is -2.37. The zero-order chi connectivity index (χ0) is 16.3. The predicted molar refractivity (Wildman–Crippen MR) is 89.8 cm³/mol. The molecule has 1 amide bonds. The van der Waals surface area contributed by atoms with E-state index >= 15 is 0 Å². The number of rotatable bonds is 9. The molecule has 0 heterocycles. The van der Waals surface area contributed by atoms with E-state index in [9.17, 15) is 4.79 Å². The maximum absolute atomic E-state index is 12.3. The maximum atomic E-state index is 12.3. The van der Waals surface area contributed by atoms with Crippen molar-refractivity contribution in [2.24, 2.45) is 10.5 Å². The van der Waals surface area contributed by atoms with E-state index in [2.05, 4.69) is 29.8 Å². The highest BCUT2D eigenvalue weighted by atomic mass is 31.0. The van der Waals surface area contributed by atoms with E-state index in [4.69, 9.17) is 10.3 Å². The molecule has 0 saturated heterocycles. The van der Waals surface area contributed by atoms with Gasteiger partial charge in [-0.05, 0) is 18.9 Å². The van der Waals surface area contributed by atoms with Crippen molar-refractivity contribution >= 4 is 15.3 Å². The molecule has 2 atom stereocenters. The zero-order valence-corrected chi connectivity index (χ0v) is 13.8. The molecule has 1 aliphatic rings. The smallest absolute Gasteiger partial charge is 0.233 e. The number of hydrogen-bond acceptors (Lipinski definition) is 4. The average molecular weight is 323 g/mol. The van der Waals surface area contributed by atoms with Gasteiger partial charge in [-0.3, -0.25) is 9.88 Å². The van der Waals surface area contributed by atoms with Crippen LogP contribution in [0.4, 0.5) is 0 Å². The number of ether oxygens (including phenoxy) is 1. The fourth-order valence-corrected chi connectivity index (χ4v) is 1.90. The van der Waals surface area contributed by atoms with Gasteiger partial charge in [0, 0.05) is 30.3 Å². The second-order valence-corrected chi connectivity index (χ2v) is 5.34. The largest absolute Gasteiger partial charge is 0.380 e. The molecular weight excluding hydrogens is 301 g/mol. The van der Waals surface area contributed by atoms with E-state index in [1.807, 2.05) is 6.92 Å². The molecule has 0 bridgehead atoms. The molecule has 2 N–H and O–H groups in total. The van der Waals surface area contributed by atoms with Crippen LogP contribution in [0.5, 0.6) is 0 Å². The van der Waals surface area contributed by atoms with E-state index in [1.54, 1.807) is 30.4 Å². The van der Waals surface area contributed by atoms with Crippen molar-refractivity contribution in [3.63, 3.8) is 0 Å². The van der Waals surface area contributed by atoms with Gasteiger partial charge < -0.3 is 10.1 Å². The van der Waals surface area contributed by atoms with Gasteiger partial charge in [0.25, 0.3) is 0 Å². The lowest BCUT2D eigenvalue weighted by Gasteiger charge is -2.20. The van der Waals surface area contributed by atoms with Crippen LogP contribution < -0.4 is 10.4 Å². The van der Waals surface area contributed by atoms with Crippen molar-refractivity contribution < 1.29 is 9.53 Å². The van der Waals surface area contributed by atoms with Gasteiger partial charge in [-0.15, -0.1) is 0 Å². The van der Waals surface area contributed by atoms with Gasteiger partial charge in [0.05, 0.1) is 12.0 Å². The fraction of sp³-hybridized carbons (Fsp3) is 0.500. The molecule has 120 valence electrons. The first-order valence-electron chi connectivity index (χ1n) is 7.06. The Labute approximate surface area is 132 Å². The minimum absolute atomic E-state index is 0.0952. The number of azide groups is 1. The zero-order valence-electron chi connectivity index (χ0n) is 12.7. The van der Waals surface area contributed by atoms with Crippen LogP contribution in [0.1, 0.15) is 13.3 Å². The third-order valence-corrected chi connectivity index (χ3v) is 3.39. The summed E-state index contributed by atoms with van der Waals surface area (Å²) in [5, 5.41) is 9.33. The van der Waals surface area contributed by atoms with Crippen LogP contribution in [0.3, 0.4) is 0 Å². The first kappa shape index (κ1) is 18.4. The van der Waals surface area contributed by atoms with Crippen molar-refractivity contribution in [3.05, 3.63) is 46.5 Å². The molecule has 1 rings (SSSR count). The van der Waals surface area contributed by atoms with Gasteiger partial charge in [-0.2, -0.15) is 0 Å². The molecule has 0 aromatic rings. The quantitative estimate of drug-likeness (QED) is 0.224. The summed E-state index contributed by atoms with van der Waals surface area (Å²) in [6, 6.07) is 0. The summed E-state index contributed by atoms with van der Waals surface area (Å²) < 4.78 is 5.38. The number of nitrogens with zero attached hydrogens (tertiary/aromatic N) is 3. The molecule has 1 aliphatic carbocycles. The maximum Gasteiger partial charge on any atom is 0.233 e. The molecule has 0 aromatic heterocycles. The highest BCUT2D eigenvalue weighted by Gasteiger charge is 2.27. The molecule has 2 unspecified atom stereocenters. The standard InChI is InChI=1S/C14H22N5O2P/c1-14(6-2-4-12(5-7-14)18-19-15)13(20)16-8-3-10-21-11-9-17-22/h2,4-7,17H,3,8-11,22H2,1H3,(H,16,20). The summed E-state index contributed by atoms with van der Waals surface area (Å²) in [5.41, 5.74) is 8.16. The molecule has 8 heteroatoms. The topological polar surface area (TPSA) is 99.1 Å². The molecule has 0 radical (unpaired) electrons. The van der Waals surface area contributed by atoms with E-state index in [-0.39, 0.29) is 5.91 Å². The van der Waals surface area contributed by atoms with E-state index in [0.29, 0.717) is 25.5 Å². The van der Waals surface area contributed by atoms with Crippen LogP contribution >= 0.6 is 9.39 Å². The number of allylic oxidation sites excluding steroid dienone is 3. The molecule has 0 spiro atoms. The summed E-state index contributed by atoms with van der Waals surface area (Å²) in [5.74, 6) is -0.0952. The van der Waals surface area contributed by atoms with Crippen molar-refractivity contribution in [2.45, 2.75) is 13.3 Å². The Morgan fingerprint density at radius 3 is 3.00 bits per heavy atom. The average Bonchev–Trinajstić information content (AvgIpc) is 2.70. The highest BCUT2D eigenvalue weighted by molar-refractivity contribution is 7.13. The van der Waals surface area contributed by atoms with Crippen molar-refractivity contribution in [1.82, 2.24) is 10.4 Å². The minimum atomic E-state index is -0.757. The third-order valence-electron chi connectivity index (χ3n) is 3.10. The Hall–Kier alpha value is -1.65. The van der Waals surface area contributed by atoms with E-state index in [0.717, 1.165) is 13.0 Å². The monoisotopic (exact) mass is 323 g/mol. The van der Waals surface area contributed by atoms with Gasteiger partial charge in [0.1, 0.15) is 0 Å². The van der Waals surface area contributed by atoms with Crippen LogP contribution in [-0.2, 0) is 9.53 Å². The fourth-order valence-electron chi connectivity index (χ4n) is 1.79. The Morgan fingerprint density at radius 2 is 2.27 bits per heavy atom. The molecular formula is C14H22N5O2P. The Morgan fingerprint density at radius 1 is 1.45 bits per heavy atom. The Balaban J connectivity index is 2.39. The van der Waals surface area contributed by atoms with E-state index in [1.165, 1.54) is 0 Å². The Kier molecular flexibility index (Phi) is 8.48. The predicted octanol–water partition coefficient (Wildman–Crippen LogP) is 2.22. The molecule has 0 fully saturated rings. The summed E-state index contributed by atoms with van der Waals surface area (Å²) in [4.78, 5) is 15.0. The van der Waals surface area contributed by atoms with Crippen LogP contribution in [-0.4, -0.2) is 32.2 Å². The molecule has 22 heavy (non-hydrogen) atoms. The molecule has 0 saturated carbocycles. The van der Waals surface area contributed by atoms with Crippen LogP contribution in [0.2, 0.25) is 0 Å².